The molecule has 20 heavy (non-hydrogen) atoms. The van der Waals surface area contributed by atoms with Gasteiger partial charge in [0.05, 0.1) is 0 Å². The predicted octanol–water partition coefficient (Wildman–Crippen LogP) is 2.42. The van der Waals surface area contributed by atoms with Crippen molar-refractivity contribution in [3.63, 3.8) is 0 Å². The van der Waals surface area contributed by atoms with Crippen molar-refractivity contribution >= 4 is 17.5 Å². The molecule has 4 nitrogen and oxygen atoms in total. The van der Waals surface area contributed by atoms with Gasteiger partial charge < -0.3 is 5.32 Å². The van der Waals surface area contributed by atoms with Crippen LogP contribution in [-0.2, 0) is 4.79 Å². The molecule has 0 aliphatic carbocycles. The Bertz CT molecular complexity index is 530. The van der Waals surface area contributed by atoms with Crippen molar-refractivity contribution < 1.29 is 9.59 Å². The van der Waals surface area contributed by atoms with Crippen LogP contribution in [0.4, 0.5) is 0 Å². The molecule has 0 aromatic heterocycles. The summed E-state index contributed by atoms with van der Waals surface area (Å²) in [6.45, 7) is 9.63. The maximum atomic E-state index is 12.4. The standard InChI is InChI=1S/C16H20N2O2/c1-5-10(2)17-15(19)12(4)18-11(3)13-8-6-7-9-14(13)16(18)20/h6-10,12H,3,5H2,1-2,4H3,(H,17,19). The number of nitrogens with zero attached hydrogens (tertiary/aromatic N) is 1. The maximum absolute atomic E-state index is 12.4. The topological polar surface area (TPSA) is 49.4 Å². The molecule has 0 saturated carbocycles. The lowest BCUT2D eigenvalue weighted by Gasteiger charge is -2.26. The number of benzene rings is 1. The third-order valence-electron chi connectivity index (χ3n) is 3.75. The molecule has 0 bridgehead atoms. The van der Waals surface area contributed by atoms with Crippen molar-refractivity contribution in [2.24, 2.45) is 0 Å². The summed E-state index contributed by atoms with van der Waals surface area (Å²) in [6.07, 6.45) is 0.855. The van der Waals surface area contributed by atoms with Gasteiger partial charge in [0.1, 0.15) is 6.04 Å². The summed E-state index contributed by atoms with van der Waals surface area (Å²) < 4.78 is 0. The van der Waals surface area contributed by atoms with Gasteiger partial charge in [-0.2, -0.15) is 0 Å². The number of fused-ring (bicyclic) bond motifs is 1. The van der Waals surface area contributed by atoms with Gasteiger partial charge in [-0.1, -0.05) is 31.7 Å². The Morgan fingerprint density at radius 1 is 1.30 bits per heavy atom. The van der Waals surface area contributed by atoms with Crippen LogP contribution in [0.25, 0.3) is 5.70 Å². The second-order valence-electron chi connectivity index (χ2n) is 5.16. The molecule has 0 fully saturated rings. The van der Waals surface area contributed by atoms with E-state index in [1.807, 2.05) is 32.0 Å². The Labute approximate surface area is 119 Å². The first-order chi connectivity index (χ1) is 9.47. The largest absolute Gasteiger partial charge is 0.352 e. The van der Waals surface area contributed by atoms with E-state index in [1.54, 1.807) is 13.0 Å². The summed E-state index contributed by atoms with van der Waals surface area (Å²) in [5.74, 6) is -0.306. The fraction of sp³-hybridized carbons (Fsp3) is 0.375. The lowest BCUT2D eigenvalue weighted by Crippen LogP contribution is -2.47. The molecule has 0 radical (unpaired) electrons. The first-order valence-corrected chi connectivity index (χ1v) is 6.89. The summed E-state index contributed by atoms with van der Waals surface area (Å²) in [5.41, 5.74) is 2.01. The zero-order chi connectivity index (χ0) is 14.9. The quantitative estimate of drug-likeness (QED) is 0.915. The summed E-state index contributed by atoms with van der Waals surface area (Å²) in [6, 6.07) is 6.84. The highest BCUT2D eigenvalue weighted by Gasteiger charge is 2.36. The van der Waals surface area contributed by atoms with Crippen LogP contribution < -0.4 is 5.32 Å². The Kier molecular flexibility index (Phi) is 3.93. The minimum Gasteiger partial charge on any atom is -0.352 e. The van der Waals surface area contributed by atoms with Crippen molar-refractivity contribution in [3.05, 3.63) is 42.0 Å². The summed E-state index contributed by atoms with van der Waals surface area (Å²) in [5, 5.41) is 2.90. The first-order valence-electron chi connectivity index (χ1n) is 6.89. The molecule has 1 aromatic carbocycles. The molecular formula is C16H20N2O2. The SMILES string of the molecule is C=C1c2ccccc2C(=O)N1C(C)C(=O)NC(C)CC. The third kappa shape index (κ3) is 2.33. The van der Waals surface area contributed by atoms with Crippen LogP contribution in [0.3, 0.4) is 0 Å². The highest BCUT2D eigenvalue weighted by Crippen LogP contribution is 2.32. The van der Waals surface area contributed by atoms with E-state index < -0.39 is 6.04 Å². The molecule has 1 aliphatic heterocycles. The highest BCUT2D eigenvalue weighted by molar-refractivity contribution is 6.10. The predicted molar refractivity (Wildman–Crippen MR) is 79.0 cm³/mol. The van der Waals surface area contributed by atoms with Crippen LogP contribution >= 0.6 is 0 Å². The monoisotopic (exact) mass is 272 g/mol. The minimum absolute atomic E-state index is 0.0956. The second kappa shape index (κ2) is 5.49. The normalized spacial score (nSPS) is 16.9. The number of nitrogens with one attached hydrogen (secondary N) is 1. The smallest absolute Gasteiger partial charge is 0.259 e. The zero-order valence-electron chi connectivity index (χ0n) is 12.1. The van der Waals surface area contributed by atoms with Gasteiger partial charge in [-0.15, -0.1) is 0 Å². The molecule has 1 aliphatic rings. The number of rotatable bonds is 4. The number of carbonyl (C=O) groups is 2. The van der Waals surface area contributed by atoms with Gasteiger partial charge in [-0.05, 0) is 26.3 Å². The average molecular weight is 272 g/mol. The molecule has 1 heterocycles. The van der Waals surface area contributed by atoms with Crippen LogP contribution in [0.5, 0.6) is 0 Å². The molecule has 4 heteroatoms. The zero-order valence-corrected chi connectivity index (χ0v) is 12.1. The number of amides is 2. The van der Waals surface area contributed by atoms with Crippen LogP contribution in [0.2, 0.25) is 0 Å². The molecule has 0 saturated heterocycles. The van der Waals surface area contributed by atoms with Crippen LogP contribution in [0.1, 0.15) is 43.1 Å². The van der Waals surface area contributed by atoms with Crippen molar-refractivity contribution in [2.45, 2.75) is 39.3 Å². The number of hydrogen-bond acceptors (Lipinski definition) is 2. The number of carbonyl (C=O) groups excluding carboxylic acids is 2. The molecule has 2 amide bonds. The van der Waals surface area contributed by atoms with Gasteiger partial charge in [0, 0.05) is 22.9 Å². The van der Waals surface area contributed by atoms with E-state index >= 15 is 0 Å². The van der Waals surface area contributed by atoms with E-state index in [0.29, 0.717) is 11.3 Å². The van der Waals surface area contributed by atoms with Gasteiger partial charge in [0.15, 0.2) is 0 Å². The van der Waals surface area contributed by atoms with Gasteiger partial charge in [-0.25, -0.2) is 0 Å². The van der Waals surface area contributed by atoms with Crippen LogP contribution in [-0.4, -0.2) is 28.8 Å². The van der Waals surface area contributed by atoms with Crippen molar-refractivity contribution in [1.29, 1.82) is 0 Å². The Morgan fingerprint density at radius 3 is 2.45 bits per heavy atom. The third-order valence-corrected chi connectivity index (χ3v) is 3.75. The molecule has 0 spiro atoms. The lowest BCUT2D eigenvalue weighted by atomic mass is 10.1. The maximum Gasteiger partial charge on any atom is 0.259 e. The molecule has 106 valence electrons. The van der Waals surface area contributed by atoms with E-state index in [-0.39, 0.29) is 17.9 Å². The second-order valence-corrected chi connectivity index (χ2v) is 5.16. The summed E-state index contributed by atoms with van der Waals surface area (Å²) >= 11 is 0. The summed E-state index contributed by atoms with van der Waals surface area (Å²) in [7, 11) is 0. The fourth-order valence-corrected chi connectivity index (χ4v) is 2.30. The average Bonchev–Trinajstić information content (AvgIpc) is 2.70. The van der Waals surface area contributed by atoms with E-state index in [1.165, 1.54) is 4.90 Å². The molecule has 1 aromatic rings. The Morgan fingerprint density at radius 2 is 1.90 bits per heavy atom. The Hall–Kier alpha value is -2.10. The van der Waals surface area contributed by atoms with Crippen LogP contribution in [0.15, 0.2) is 30.8 Å². The van der Waals surface area contributed by atoms with E-state index in [9.17, 15) is 9.59 Å². The molecule has 2 rings (SSSR count). The van der Waals surface area contributed by atoms with E-state index in [0.717, 1.165) is 12.0 Å². The first kappa shape index (κ1) is 14.3. The lowest BCUT2D eigenvalue weighted by molar-refractivity contribution is -0.124. The fourth-order valence-electron chi connectivity index (χ4n) is 2.30. The van der Waals surface area contributed by atoms with Gasteiger partial charge >= 0.3 is 0 Å². The van der Waals surface area contributed by atoms with Gasteiger partial charge in [0.25, 0.3) is 5.91 Å². The van der Waals surface area contributed by atoms with Crippen molar-refractivity contribution in [1.82, 2.24) is 10.2 Å². The molecule has 1 N–H and O–H groups in total. The molecular weight excluding hydrogens is 252 g/mol. The van der Waals surface area contributed by atoms with E-state index in [4.69, 9.17) is 0 Å². The number of hydrogen-bond donors (Lipinski definition) is 1. The highest BCUT2D eigenvalue weighted by atomic mass is 16.2. The summed E-state index contributed by atoms with van der Waals surface area (Å²) in [4.78, 5) is 26.1. The minimum atomic E-state index is -0.559. The molecule has 2 unspecified atom stereocenters. The van der Waals surface area contributed by atoms with Crippen LogP contribution in [0, 0.1) is 0 Å². The van der Waals surface area contributed by atoms with E-state index in [2.05, 4.69) is 11.9 Å². The van der Waals surface area contributed by atoms with Crippen molar-refractivity contribution in [3.8, 4) is 0 Å². The van der Waals surface area contributed by atoms with Gasteiger partial charge in [-0.3, -0.25) is 14.5 Å². The van der Waals surface area contributed by atoms with Gasteiger partial charge in [0.2, 0.25) is 5.91 Å². The molecule has 2 atom stereocenters. The van der Waals surface area contributed by atoms with Crippen molar-refractivity contribution in [2.75, 3.05) is 0 Å². The Balaban J connectivity index is 2.21.